The minimum absolute atomic E-state index is 0.221. The van der Waals surface area contributed by atoms with Crippen molar-refractivity contribution in [3.63, 3.8) is 0 Å². The van der Waals surface area contributed by atoms with Gasteiger partial charge in [-0.2, -0.15) is 0 Å². The van der Waals surface area contributed by atoms with Crippen molar-refractivity contribution in [1.29, 1.82) is 0 Å². The maximum absolute atomic E-state index is 11.7. The summed E-state index contributed by atoms with van der Waals surface area (Å²) in [7, 11) is 0. The molecule has 226 valence electrons. The van der Waals surface area contributed by atoms with Crippen molar-refractivity contribution in [2.75, 3.05) is 6.61 Å². The second kappa shape index (κ2) is 23.1. The van der Waals surface area contributed by atoms with E-state index in [9.17, 15) is 29.1 Å². The van der Waals surface area contributed by atoms with Crippen LogP contribution in [-0.4, -0.2) is 83.7 Å². The fraction of sp³-hybridized carbons (Fsp3) is 0.741. The van der Waals surface area contributed by atoms with E-state index >= 15 is 0 Å². The fourth-order valence-corrected chi connectivity index (χ4v) is 3.67. The summed E-state index contributed by atoms with van der Waals surface area (Å²) in [6.07, 6.45) is 14.5. The molecule has 0 aliphatic rings. The molecule has 0 aromatic heterocycles. The van der Waals surface area contributed by atoms with Crippen molar-refractivity contribution in [3.05, 3.63) is 12.2 Å². The lowest BCUT2D eigenvalue weighted by molar-refractivity contribution is -0.170. The Morgan fingerprint density at radius 3 is 1.54 bits per heavy atom. The van der Waals surface area contributed by atoms with Crippen molar-refractivity contribution in [3.8, 4) is 0 Å². The third kappa shape index (κ3) is 20.8. The molecule has 0 fully saturated rings. The van der Waals surface area contributed by atoms with Crippen LogP contribution in [0, 0.1) is 5.92 Å². The molecule has 0 saturated carbocycles. The van der Waals surface area contributed by atoms with Gasteiger partial charge in [-0.3, -0.25) is 19.2 Å². The number of carbonyl (C=O) groups is 5. The topological polar surface area (TPSA) is 227 Å². The zero-order chi connectivity index (χ0) is 30.3. The molecule has 0 spiro atoms. The highest BCUT2D eigenvalue weighted by Crippen LogP contribution is 2.16. The molecule has 0 aliphatic heterocycles. The number of aliphatic hydroxyl groups is 3. The molecule has 0 bridgehead atoms. The number of hydrogen-bond acceptors (Lipinski definition) is 8. The van der Waals surface area contributed by atoms with E-state index in [-0.39, 0.29) is 6.42 Å². The van der Waals surface area contributed by atoms with Crippen LogP contribution in [0.5, 0.6) is 0 Å². The molecule has 0 amide bonds. The van der Waals surface area contributed by atoms with Crippen molar-refractivity contribution in [1.82, 2.24) is 0 Å². The Morgan fingerprint density at radius 1 is 0.718 bits per heavy atom. The quantitative estimate of drug-likeness (QED) is 0.0541. The number of allylic oxidation sites excluding steroid dienone is 2. The lowest BCUT2D eigenvalue weighted by Gasteiger charge is -2.18. The Hall–Kier alpha value is -2.83. The minimum Gasteiger partial charge on any atom is -0.481 e. The number of carboxylic acid groups (broad SMARTS) is 4. The first-order valence-corrected chi connectivity index (χ1v) is 13.4. The average Bonchev–Trinajstić information content (AvgIpc) is 2.84. The Balaban J connectivity index is 0. The number of Topliss-reactive ketones (excluding diaryl/α,β-unsaturated/α-hetero) is 1. The first-order valence-electron chi connectivity index (χ1n) is 13.4. The van der Waals surface area contributed by atoms with Gasteiger partial charge in [-0.25, -0.2) is 4.79 Å². The second-order valence-corrected chi connectivity index (χ2v) is 9.49. The predicted octanol–water partition coefficient (Wildman–Crippen LogP) is 3.01. The molecule has 0 aromatic carbocycles. The average molecular weight is 563 g/mol. The van der Waals surface area contributed by atoms with Crippen molar-refractivity contribution < 1.29 is 59.7 Å². The van der Waals surface area contributed by atoms with Crippen LogP contribution >= 0.6 is 0 Å². The smallest absolute Gasteiger partial charge is 0.336 e. The minimum atomic E-state index is -2.74. The van der Waals surface area contributed by atoms with E-state index < -0.39 is 66.7 Å². The standard InChI is InChI=1S/C21H38O5.C6H8O7/c1-2-3-4-5-6-7-8-9-10-11-12-13-14-15-16-18(21(25)26)20(24)19(23)17-22;7-3(8)1-6(13,5(11)12)2-4(9)10/h9-10,18-19,22-23H,2-8,11-17H2,1H3,(H,25,26);13H,1-2H2,(H,7,8)(H,9,10)(H,11,12)/b10-9-;. The van der Waals surface area contributed by atoms with E-state index in [1.807, 2.05) is 0 Å². The monoisotopic (exact) mass is 562 g/mol. The van der Waals surface area contributed by atoms with Crippen LogP contribution in [0.4, 0.5) is 0 Å². The van der Waals surface area contributed by atoms with E-state index in [1.54, 1.807) is 0 Å². The molecular weight excluding hydrogens is 516 g/mol. The van der Waals surface area contributed by atoms with E-state index in [4.69, 9.17) is 30.6 Å². The Labute approximate surface area is 229 Å². The van der Waals surface area contributed by atoms with Gasteiger partial charge in [-0.05, 0) is 32.1 Å². The number of unbranched alkanes of at least 4 members (excludes halogenated alkanes) is 10. The molecule has 0 heterocycles. The molecule has 0 radical (unpaired) electrons. The van der Waals surface area contributed by atoms with Gasteiger partial charge in [-0.1, -0.05) is 70.4 Å². The van der Waals surface area contributed by atoms with Crippen LogP contribution < -0.4 is 0 Å². The predicted molar refractivity (Wildman–Crippen MR) is 141 cm³/mol. The summed E-state index contributed by atoms with van der Waals surface area (Å²) in [5.74, 6) is -8.25. The van der Waals surface area contributed by atoms with E-state index in [2.05, 4.69) is 19.1 Å². The zero-order valence-electron chi connectivity index (χ0n) is 22.8. The van der Waals surface area contributed by atoms with Crippen molar-refractivity contribution in [2.24, 2.45) is 5.92 Å². The summed E-state index contributed by atoms with van der Waals surface area (Å²) < 4.78 is 0. The molecule has 2 atom stereocenters. The Morgan fingerprint density at radius 2 is 1.15 bits per heavy atom. The summed E-state index contributed by atoms with van der Waals surface area (Å²) >= 11 is 0. The summed E-state index contributed by atoms with van der Waals surface area (Å²) in [5, 5.41) is 60.9. The molecule has 0 aromatic rings. The number of aliphatic carboxylic acids is 4. The highest BCUT2D eigenvalue weighted by atomic mass is 16.4. The largest absolute Gasteiger partial charge is 0.481 e. The molecule has 7 N–H and O–H groups in total. The third-order valence-corrected chi connectivity index (χ3v) is 5.93. The van der Waals surface area contributed by atoms with Gasteiger partial charge in [0.1, 0.15) is 12.0 Å². The Bertz CT molecular complexity index is 746. The van der Waals surface area contributed by atoms with E-state index in [0.29, 0.717) is 6.42 Å². The van der Waals surface area contributed by atoms with E-state index in [0.717, 1.165) is 32.1 Å². The number of carboxylic acids is 4. The molecule has 0 rings (SSSR count). The first kappa shape index (κ1) is 38.3. The van der Waals surface area contributed by atoms with Crippen LogP contribution in [0.2, 0.25) is 0 Å². The van der Waals surface area contributed by atoms with Crippen molar-refractivity contribution >= 4 is 29.7 Å². The van der Waals surface area contributed by atoms with Gasteiger partial charge in [0.25, 0.3) is 0 Å². The maximum Gasteiger partial charge on any atom is 0.336 e. The van der Waals surface area contributed by atoms with Gasteiger partial charge < -0.3 is 35.7 Å². The SMILES string of the molecule is CCCCCCCC/C=C\CCCCCCC(C(=O)O)C(=O)C(O)CO.O=C(O)CC(O)(CC(=O)O)C(=O)O. The summed E-state index contributed by atoms with van der Waals surface area (Å²) in [4.78, 5) is 53.3. The normalized spacial score (nSPS) is 12.8. The van der Waals surface area contributed by atoms with Gasteiger partial charge in [-0.15, -0.1) is 0 Å². The fourth-order valence-electron chi connectivity index (χ4n) is 3.67. The number of hydrogen-bond donors (Lipinski definition) is 7. The highest BCUT2D eigenvalue weighted by Gasteiger charge is 2.40. The molecule has 12 heteroatoms. The zero-order valence-corrected chi connectivity index (χ0v) is 22.8. The van der Waals surface area contributed by atoms with Gasteiger partial charge in [0.2, 0.25) is 0 Å². The Kier molecular flexibility index (Phi) is 22.7. The highest BCUT2D eigenvalue weighted by molar-refractivity contribution is 6.00. The van der Waals surface area contributed by atoms with Crippen LogP contribution in [0.3, 0.4) is 0 Å². The maximum atomic E-state index is 11.7. The van der Waals surface area contributed by atoms with Crippen LogP contribution in [0.15, 0.2) is 12.2 Å². The molecular formula is C27H46O12. The number of ketones is 1. The van der Waals surface area contributed by atoms with Gasteiger partial charge in [0.15, 0.2) is 11.4 Å². The lowest BCUT2D eigenvalue weighted by Crippen LogP contribution is -2.42. The number of carbonyl (C=O) groups excluding carboxylic acids is 1. The molecule has 0 aliphatic carbocycles. The molecule has 0 saturated heterocycles. The summed E-state index contributed by atoms with van der Waals surface area (Å²) in [6, 6.07) is 0. The molecule has 39 heavy (non-hydrogen) atoms. The number of aliphatic hydroxyl groups excluding tert-OH is 2. The van der Waals surface area contributed by atoms with Crippen LogP contribution in [-0.2, 0) is 24.0 Å². The molecule has 12 nitrogen and oxygen atoms in total. The van der Waals surface area contributed by atoms with E-state index in [1.165, 1.54) is 38.5 Å². The summed E-state index contributed by atoms with van der Waals surface area (Å²) in [6.45, 7) is 1.50. The third-order valence-electron chi connectivity index (χ3n) is 5.93. The van der Waals surface area contributed by atoms with Crippen LogP contribution in [0.1, 0.15) is 103 Å². The second-order valence-electron chi connectivity index (χ2n) is 9.49. The van der Waals surface area contributed by atoms with Gasteiger partial charge in [0.05, 0.1) is 19.4 Å². The summed E-state index contributed by atoms with van der Waals surface area (Å²) in [5.41, 5.74) is -2.74. The first-order chi connectivity index (χ1) is 18.3. The van der Waals surface area contributed by atoms with Crippen LogP contribution in [0.25, 0.3) is 0 Å². The lowest BCUT2D eigenvalue weighted by atomic mass is 9.93. The number of rotatable bonds is 23. The molecule has 2 unspecified atom stereocenters. The van der Waals surface area contributed by atoms with Gasteiger partial charge in [0, 0.05) is 0 Å². The van der Waals surface area contributed by atoms with Crippen molar-refractivity contribution in [2.45, 2.75) is 115 Å². The van der Waals surface area contributed by atoms with Gasteiger partial charge >= 0.3 is 23.9 Å².